The number of benzene rings is 1. The molecule has 6 heteroatoms. The highest BCUT2D eigenvalue weighted by molar-refractivity contribution is 5.80. The quantitative estimate of drug-likeness (QED) is 0.718. The summed E-state index contributed by atoms with van der Waals surface area (Å²) < 4.78 is 1.86. The summed E-state index contributed by atoms with van der Waals surface area (Å²) in [6.45, 7) is 3.54. The van der Waals surface area contributed by atoms with Gasteiger partial charge in [-0.05, 0) is 17.9 Å². The molecule has 0 radical (unpaired) electrons. The third kappa shape index (κ3) is 2.90. The number of nitrogens with zero attached hydrogens (tertiary/aromatic N) is 5. The van der Waals surface area contributed by atoms with E-state index in [2.05, 4.69) is 33.3 Å². The average Bonchev–Trinajstić information content (AvgIpc) is 3.29. The number of carbonyl (C=O) groups is 1. The van der Waals surface area contributed by atoms with Gasteiger partial charge in [-0.1, -0.05) is 30.3 Å². The van der Waals surface area contributed by atoms with Gasteiger partial charge in [0, 0.05) is 56.7 Å². The summed E-state index contributed by atoms with van der Waals surface area (Å²) in [4.78, 5) is 21.3. The third-order valence-corrected chi connectivity index (χ3v) is 5.95. The highest BCUT2D eigenvalue weighted by Crippen LogP contribution is 2.32. The summed E-state index contributed by atoms with van der Waals surface area (Å²) in [5.41, 5.74) is 4.17. The monoisotopic (exact) mass is 361 g/mol. The van der Waals surface area contributed by atoms with Crippen LogP contribution in [0.4, 0.5) is 0 Å². The molecular formula is C21H23N5O. The minimum Gasteiger partial charge on any atom is -0.345 e. The van der Waals surface area contributed by atoms with E-state index in [-0.39, 0.29) is 5.92 Å². The Hall–Kier alpha value is -2.73. The summed E-state index contributed by atoms with van der Waals surface area (Å²) in [7, 11) is 1.92. The summed E-state index contributed by atoms with van der Waals surface area (Å²) in [6, 6.07) is 10.2. The molecule has 2 aliphatic heterocycles. The highest BCUT2D eigenvalue weighted by atomic mass is 16.2. The minimum absolute atomic E-state index is 0.162. The number of carbonyl (C=O) groups excluding carboxylic acids is 1. The van der Waals surface area contributed by atoms with Gasteiger partial charge in [0.15, 0.2) is 5.65 Å². The van der Waals surface area contributed by atoms with E-state index < -0.39 is 0 Å². The molecule has 0 spiro atoms. The van der Waals surface area contributed by atoms with Gasteiger partial charge in [0.05, 0.1) is 12.1 Å². The van der Waals surface area contributed by atoms with Gasteiger partial charge in [-0.25, -0.2) is 9.50 Å². The number of likely N-dealkylation sites (tertiary alicyclic amines) is 2. The first kappa shape index (κ1) is 16.4. The largest absolute Gasteiger partial charge is 0.345 e. The van der Waals surface area contributed by atoms with Crippen LogP contribution in [0, 0.1) is 11.8 Å². The van der Waals surface area contributed by atoms with Gasteiger partial charge >= 0.3 is 0 Å². The van der Waals surface area contributed by atoms with Crippen LogP contribution in [0.25, 0.3) is 16.8 Å². The molecule has 4 heterocycles. The fraction of sp³-hybridized carbons (Fsp3) is 0.381. The van der Waals surface area contributed by atoms with E-state index in [1.54, 1.807) is 0 Å². The van der Waals surface area contributed by atoms with Crippen LogP contribution < -0.4 is 0 Å². The molecule has 0 unspecified atom stereocenters. The van der Waals surface area contributed by atoms with Gasteiger partial charge in [-0.15, -0.1) is 0 Å². The Morgan fingerprint density at radius 2 is 2.00 bits per heavy atom. The summed E-state index contributed by atoms with van der Waals surface area (Å²) in [5.74, 6) is 0.969. The zero-order valence-corrected chi connectivity index (χ0v) is 15.5. The van der Waals surface area contributed by atoms with Crippen molar-refractivity contribution in [3.05, 3.63) is 54.5 Å². The molecule has 2 atom stereocenters. The molecule has 0 aliphatic carbocycles. The van der Waals surface area contributed by atoms with Gasteiger partial charge in [0.1, 0.15) is 0 Å². The topological polar surface area (TPSA) is 53.7 Å². The van der Waals surface area contributed by atoms with Gasteiger partial charge in [-0.3, -0.25) is 9.69 Å². The van der Waals surface area contributed by atoms with Gasteiger partial charge in [0.25, 0.3) is 0 Å². The Bertz CT molecular complexity index is 983. The second-order valence-electron chi connectivity index (χ2n) is 7.76. The molecule has 2 aromatic heterocycles. The van der Waals surface area contributed by atoms with Gasteiger partial charge in [0.2, 0.25) is 5.91 Å². The van der Waals surface area contributed by atoms with Crippen LogP contribution in [-0.4, -0.2) is 57.0 Å². The van der Waals surface area contributed by atoms with E-state index >= 15 is 0 Å². The lowest BCUT2D eigenvalue weighted by atomic mass is 9.88. The highest BCUT2D eigenvalue weighted by Gasteiger charge is 2.41. The molecular weight excluding hydrogens is 338 g/mol. The van der Waals surface area contributed by atoms with Crippen LogP contribution in [0.2, 0.25) is 0 Å². The number of aromatic nitrogens is 3. The smallest absolute Gasteiger partial charge is 0.227 e. The molecule has 0 bridgehead atoms. The van der Waals surface area contributed by atoms with Crippen molar-refractivity contribution in [1.29, 1.82) is 0 Å². The lowest BCUT2D eigenvalue weighted by Crippen LogP contribution is -2.42. The molecule has 2 saturated heterocycles. The number of fused-ring (bicyclic) bond motifs is 2. The molecule has 0 saturated carbocycles. The first-order chi connectivity index (χ1) is 13.2. The molecule has 27 heavy (non-hydrogen) atoms. The molecule has 5 rings (SSSR count). The predicted octanol–water partition coefficient (Wildman–Crippen LogP) is 2.31. The fourth-order valence-electron chi connectivity index (χ4n) is 4.49. The number of hydrogen-bond donors (Lipinski definition) is 0. The summed E-state index contributed by atoms with van der Waals surface area (Å²) >= 11 is 0. The van der Waals surface area contributed by atoms with Crippen LogP contribution in [0.1, 0.15) is 12.0 Å². The van der Waals surface area contributed by atoms with Crippen LogP contribution in [-0.2, 0) is 11.3 Å². The van der Waals surface area contributed by atoms with Crippen molar-refractivity contribution in [1.82, 2.24) is 24.4 Å². The van der Waals surface area contributed by atoms with E-state index in [4.69, 9.17) is 0 Å². The van der Waals surface area contributed by atoms with Gasteiger partial charge < -0.3 is 4.90 Å². The summed E-state index contributed by atoms with van der Waals surface area (Å²) in [5, 5.41) is 4.50. The molecule has 1 amide bonds. The van der Waals surface area contributed by atoms with Crippen molar-refractivity contribution in [2.24, 2.45) is 11.8 Å². The maximum atomic E-state index is 12.4. The Balaban J connectivity index is 1.35. The Morgan fingerprint density at radius 1 is 1.15 bits per heavy atom. The zero-order valence-electron chi connectivity index (χ0n) is 15.5. The van der Waals surface area contributed by atoms with Crippen molar-refractivity contribution in [3.63, 3.8) is 0 Å². The predicted molar refractivity (Wildman–Crippen MR) is 103 cm³/mol. The van der Waals surface area contributed by atoms with Crippen LogP contribution in [0.3, 0.4) is 0 Å². The normalized spacial score (nSPS) is 23.1. The molecule has 3 aromatic rings. The second kappa shape index (κ2) is 6.46. The summed E-state index contributed by atoms with van der Waals surface area (Å²) in [6.07, 6.45) is 6.99. The molecule has 6 nitrogen and oxygen atoms in total. The number of amides is 1. The first-order valence-corrected chi connectivity index (χ1v) is 9.54. The molecule has 1 aromatic carbocycles. The lowest BCUT2D eigenvalue weighted by Gasteiger charge is -2.30. The van der Waals surface area contributed by atoms with E-state index in [1.807, 2.05) is 47.1 Å². The van der Waals surface area contributed by atoms with Crippen molar-refractivity contribution < 1.29 is 4.79 Å². The van der Waals surface area contributed by atoms with Crippen molar-refractivity contribution in [2.45, 2.75) is 13.0 Å². The van der Waals surface area contributed by atoms with E-state index in [0.29, 0.717) is 11.8 Å². The molecule has 2 fully saturated rings. The average molecular weight is 361 g/mol. The van der Waals surface area contributed by atoms with E-state index in [9.17, 15) is 4.79 Å². The van der Waals surface area contributed by atoms with Crippen molar-refractivity contribution in [3.8, 4) is 11.1 Å². The Morgan fingerprint density at radius 3 is 2.85 bits per heavy atom. The molecule has 2 aliphatic rings. The van der Waals surface area contributed by atoms with E-state index in [1.165, 1.54) is 0 Å². The SMILES string of the molecule is CN1CC[C@@H]2CN(Cc3cnc4c(-c5ccccc5)cnn4c3)C[C@@H]2C1=O. The Kier molecular flexibility index (Phi) is 3.93. The maximum absolute atomic E-state index is 12.4. The van der Waals surface area contributed by atoms with Crippen LogP contribution in [0.5, 0.6) is 0 Å². The lowest BCUT2D eigenvalue weighted by molar-refractivity contribution is -0.137. The van der Waals surface area contributed by atoms with Crippen molar-refractivity contribution >= 4 is 11.6 Å². The maximum Gasteiger partial charge on any atom is 0.227 e. The number of rotatable bonds is 3. The molecule has 138 valence electrons. The van der Waals surface area contributed by atoms with E-state index in [0.717, 1.165) is 54.9 Å². The van der Waals surface area contributed by atoms with Crippen LogP contribution >= 0.6 is 0 Å². The first-order valence-electron chi connectivity index (χ1n) is 9.54. The van der Waals surface area contributed by atoms with Crippen LogP contribution in [0.15, 0.2) is 48.9 Å². The third-order valence-electron chi connectivity index (χ3n) is 5.95. The van der Waals surface area contributed by atoms with Gasteiger partial charge in [-0.2, -0.15) is 5.10 Å². The Labute approximate surface area is 158 Å². The zero-order chi connectivity index (χ0) is 18.4. The number of hydrogen-bond acceptors (Lipinski definition) is 4. The second-order valence-corrected chi connectivity index (χ2v) is 7.76. The van der Waals surface area contributed by atoms with Crippen molar-refractivity contribution in [2.75, 3.05) is 26.7 Å². The molecule has 0 N–H and O–H groups in total. The number of piperidine rings is 1. The standard InChI is InChI=1S/C21H23N5O/c1-24-8-7-17-13-25(14-19(17)21(24)27)11-15-9-22-20-18(10-23-26(20)12-15)16-5-3-2-4-6-16/h2-6,9-10,12,17,19H,7-8,11,13-14H2,1H3/t17-,19+/m1/s1. The fourth-order valence-corrected chi connectivity index (χ4v) is 4.49. The minimum atomic E-state index is 0.162.